The van der Waals surface area contributed by atoms with Gasteiger partial charge >= 0.3 is 0 Å². The Hall–Kier alpha value is -2.12. The van der Waals surface area contributed by atoms with Crippen molar-refractivity contribution < 1.29 is 24.5 Å². The molecule has 0 aromatic heterocycles. The molecule has 0 saturated carbocycles. The molecule has 1 saturated heterocycles. The number of amides is 2. The zero-order valence-corrected chi connectivity index (χ0v) is 13.3. The second kappa shape index (κ2) is 7.43. The molecule has 7 heteroatoms. The fourth-order valence-corrected chi connectivity index (χ4v) is 2.58. The summed E-state index contributed by atoms with van der Waals surface area (Å²) in [5, 5.41) is 18.4. The first-order valence-electron chi connectivity index (χ1n) is 7.46. The van der Waals surface area contributed by atoms with E-state index in [1.807, 2.05) is 12.1 Å². The number of carbonyl (C=O) groups excluding carboxylic acids is 2. The highest BCUT2D eigenvalue weighted by molar-refractivity contribution is 5.94. The molecule has 126 valence electrons. The van der Waals surface area contributed by atoms with Gasteiger partial charge in [-0.15, -0.1) is 0 Å². The molecule has 1 fully saturated rings. The molecule has 1 heterocycles. The molecule has 1 aromatic rings. The predicted octanol–water partition coefficient (Wildman–Crippen LogP) is -0.392. The molecule has 1 aliphatic heterocycles. The van der Waals surface area contributed by atoms with E-state index in [-0.39, 0.29) is 24.9 Å². The van der Waals surface area contributed by atoms with E-state index in [1.54, 1.807) is 26.2 Å². The van der Waals surface area contributed by atoms with Crippen LogP contribution in [0.2, 0.25) is 0 Å². The van der Waals surface area contributed by atoms with Crippen LogP contribution in [0.1, 0.15) is 12.5 Å². The number of aliphatic hydroxyl groups excluding tert-OH is 2. The molecule has 0 aliphatic carbocycles. The molecule has 2 N–H and O–H groups in total. The highest BCUT2D eigenvalue weighted by atomic mass is 16.5. The number of ether oxygens (including phenoxy) is 1. The number of piperazine rings is 1. The maximum Gasteiger partial charge on any atom is 0.245 e. The highest BCUT2D eigenvalue weighted by Gasteiger charge is 2.37. The van der Waals surface area contributed by atoms with Gasteiger partial charge in [0.05, 0.1) is 19.8 Å². The van der Waals surface area contributed by atoms with Crippen LogP contribution >= 0.6 is 0 Å². The topological polar surface area (TPSA) is 90.3 Å². The lowest BCUT2D eigenvalue weighted by Gasteiger charge is -2.39. The number of nitrogens with zero attached hydrogens (tertiary/aromatic N) is 2. The van der Waals surface area contributed by atoms with Gasteiger partial charge in [0, 0.05) is 13.1 Å². The standard InChI is InChI=1S/C16H22N2O5/c1-11-16(22)17(7-12-3-5-14(23-2)6-4-12)9-15(21)18(11)8-13(20)10-19/h3-6,11,13,19-20H,7-10H2,1-2H3/t11-,13-/m0/s1. The molecule has 23 heavy (non-hydrogen) atoms. The Morgan fingerprint density at radius 3 is 2.52 bits per heavy atom. The Morgan fingerprint density at radius 2 is 1.96 bits per heavy atom. The summed E-state index contributed by atoms with van der Waals surface area (Å²) in [4.78, 5) is 27.5. The number of carbonyl (C=O) groups is 2. The monoisotopic (exact) mass is 322 g/mol. The van der Waals surface area contributed by atoms with Gasteiger partial charge < -0.3 is 24.7 Å². The molecule has 0 radical (unpaired) electrons. The van der Waals surface area contributed by atoms with Crippen molar-refractivity contribution in [3.63, 3.8) is 0 Å². The summed E-state index contributed by atoms with van der Waals surface area (Å²) in [5.74, 6) is 0.316. The zero-order chi connectivity index (χ0) is 17.0. The Morgan fingerprint density at radius 1 is 1.30 bits per heavy atom. The van der Waals surface area contributed by atoms with Gasteiger partial charge in [-0.2, -0.15) is 0 Å². The summed E-state index contributed by atoms with van der Waals surface area (Å²) < 4.78 is 5.09. The third-order valence-electron chi connectivity index (χ3n) is 3.93. The second-order valence-electron chi connectivity index (χ2n) is 5.60. The zero-order valence-electron chi connectivity index (χ0n) is 13.3. The lowest BCUT2D eigenvalue weighted by atomic mass is 10.1. The smallest absolute Gasteiger partial charge is 0.245 e. The molecular formula is C16H22N2O5. The lowest BCUT2D eigenvalue weighted by Crippen LogP contribution is -2.60. The van der Waals surface area contributed by atoms with Crippen molar-refractivity contribution in [2.24, 2.45) is 0 Å². The van der Waals surface area contributed by atoms with Crippen LogP contribution in [0.25, 0.3) is 0 Å². The number of hydrogen-bond donors (Lipinski definition) is 2. The number of rotatable bonds is 6. The Bertz CT molecular complexity index is 560. The van der Waals surface area contributed by atoms with E-state index in [0.29, 0.717) is 6.54 Å². The Balaban J connectivity index is 2.05. The molecule has 1 aliphatic rings. The maximum atomic E-state index is 12.4. The van der Waals surface area contributed by atoms with Crippen LogP contribution in [0.3, 0.4) is 0 Å². The van der Waals surface area contributed by atoms with Gasteiger partial charge in [0.2, 0.25) is 11.8 Å². The molecule has 2 amide bonds. The summed E-state index contributed by atoms with van der Waals surface area (Å²) >= 11 is 0. The average molecular weight is 322 g/mol. The van der Waals surface area contributed by atoms with Crippen LogP contribution < -0.4 is 4.74 Å². The largest absolute Gasteiger partial charge is 0.497 e. The van der Waals surface area contributed by atoms with Crippen molar-refractivity contribution >= 4 is 11.8 Å². The van der Waals surface area contributed by atoms with Crippen LogP contribution in [0, 0.1) is 0 Å². The normalized spacial score (nSPS) is 19.9. The third kappa shape index (κ3) is 4.00. The molecular weight excluding hydrogens is 300 g/mol. The van der Waals surface area contributed by atoms with Gasteiger partial charge in [-0.05, 0) is 24.6 Å². The number of aliphatic hydroxyl groups is 2. The van der Waals surface area contributed by atoms with E-state index >= 15 is 0 Å². The molecule has 2 rings (SSSR count). The average Bonchev–Trinajstić information content (AvgIpc) is 2.56. The van der Waals surface area contributed by atoms with E-state index in [4.69, 9.17) is 9.84 Å². The fourth-order valence-electron chi connectivity index (χ4n) is 2.58. The molecule has 0 spiro atoms. The molecule has 7 nitrogen and oxygen atoms in total. The van der Waals surface area contributed by atoms with E-state index in [1.165, 1.54) is 9.80 Å². The van der Waals surface area contributed by atoms with Gasteiger partial charge in [0.25, 0.3) is 0 Å². The van der Waals surface area contributed by atoms with Gasteiger partial charge in [0.15, 0.2) is 0 Å². The van der Waals surface area contributed by atoms with Crippen molar-refractivity contribution in [1.82, 2.24) is 9.80 Å². The van der Waals surface area contributed by atoms with Gasteiger partial charge in [0.1, 0.15) is 18.3 Å². The molecule has 0 unspecified atom stereocenters. The summed E-state index contributed by atoms with van der Waals surface area (Å²) in [5.41, 5.74) is 0.906. The van der Waals surface area contributed by atoms with Gasteiger partial charge in [-0.25, -0.2) is 0 Å². The summed E-state index contributed by atoms with van der Waals surface area (Å²) in [6.07, 6.45) is -1.04. The first kappa shape index (κ1) is 17.2. The van der Waals surface area contributed by atoms with Crippen molar-refractivity contribution in [3.05, 3.63) is 29.8 Å². The Labute approximate surface area is 135 Å². The molecule has 1 aromatic carbocycles. The van der Waals surface area contributed by atoms with Crippen LogP contribution in [-0.4, -0.2) is 70.8 Å². The predicted molar refractivity (Wildman–Crippen MR) is 82.7 cm³/mol. The molecule has 2 atom stereocenters. The summed E-state index contributed by atoms with van der Waals surface area (Å²) in [6.45, 7) is 1.45. The van der Waals surface area contributed by atoms with Crippen molar-refractivity contribution in [2.75, 3.05) is 26.8 Å². The second-order valence-corrected chi connectivity index (χ2v) is 5.60. The Kier molecular flexibility index (Phi) is 5.57. The van der Waals surface area contributed by atoms with E-state index in [0.717, 1.165) is 11.3 Å². The van der Waals surface area contributed by atoms with E-state index in [9.17, 15) is 14.7 Å². The lowest BCUT2D eigenvalue weighted by molar-refractivity contribution is -0.157. The minimum atomic E-state index is -1.04. The maximum absolute atomic E-state index is 12.4. The van der Waals surface area contributed by atoms with E-state index in [2.05, 4.69) is 0 Å². The minimum Gasteiger partial charge on any atom is -0.497 e. The number of β-amino-alcohol motifs (C(OH)–C–C–N with tert-alkyl or cyclic N) is 1. The number of benzene rings is 1. The number of hydrogen-bond acceptors (Lipinski definition) is 5. The summed E-state index contributed by atoms with van der Waals surface area (Å²) in [7, 11) is 1.58. The first-order valence-corrected chi connectivity index (χ1v) is 7.46. The van der Waals surface area contributed by atoms with Crippen molar-refractivity contribution in [3.8, 4) is 5.75 Å². The van der Waals surface area contributed by atoms with E-state index < -0.39 is 18.8 Å². The fraction of sp³-hybridized carbons (Fsp3) is 0.500. The number of methoxy groups -OCH3 is 1. The van der Waals surface area contributed by atoms with Crippen molar-refractivity contribution in [1.29, 1.82) is 0 Å². The quantitative estimate of drug-likeness (QED) is 0.744. The minimum absolute atomic E-state index is 0.0344. The van der Waals surface area contributed by atoms with Crippen LogP contribution in [0.15, 0.2) is 24.3 Å². The van der Waals surface area contributed by atoms with Gasteiger partial charge in [-0.1, -0.05) is 12.1 Å². The van der Waals surface area contributed by atoms with Crippen LogP contribution in [0.4, 0.5) is 0 Å². The van der Waals surface area contributed by atoms with Crippen molar-refractivity contribution in [2.45, 2.75) is 25.6 Å². The van der Waals surface area contributed by atoms with Crippen LogP contribution in [-0.2, 0) is 16.1 Å². The molecule has 0 bridgehead atoms. The van der Waals surface area contributed by atoms with Crippen LogP contribution in [0.5, 0.6) is 5.75 Å². The highest BCUT2D eigenvalue weighted by Crippen LogP contribution is 2.18. The third-order valence-corrected chi connectivity index (χ3v) is 3.93. The first-order chi connectivity index (χ1) is 11.0. The summed E-state index contributed by atoms with van der Waals surface area (Å²) in [6, 6.07) is 6.65. The SMILES string of the molecule is COc1ccc(CN2CC(=O)N(C[C@H](O)CO)[C@@H](C)C2=O)cc1. The van der Waals surface area contributed by atoms with Gasteiger partial charge in [-0.3, -0.25) is 9.59 Å².